The number of aromatic amines is 1. The third kappa shape index (κ3) is 2.66. The van der Waals surface area contributed by atoms with Crippen molar-refractivity contribution in [1.29, 1.82) is 0 Å². The summed E-state index contributed by atoms with van der Waals surface area (Å²) in [6.45, 7) is 2.65. The standard InChI is InChI=1S/C16H14N6S/c1-10-2-4-11(5-3-10)13-8-23-16-14(13)15(18-9-19-16)17-6-12-7-20-22-21-12/h2-5,7-9H,6H2,1H3,(H,17,18,19)(H,20,21,22). The second-order valence-electron chi connectivity index (χ2n) is 5.23. The summed E-state index contributed by atoms with van der Waals surface area (Å²) in [4.78, 5) is 9.76. The quantitative estimate of drug-likeness (QED) is 0.602. The van der Waals surface area contributed by atoms with E-state index in [2.05, 4.69) is 67.3 Å². The molecule has 114 valence electrons. The van der Waals surface area contributed by atoms with Crippen LogP contribution in [0.1, 0.15) is 11.3 Å². The third-order valence-electron chi connectivity index (χ3n) is 3.63. The fourth-order valence-electron chi connectivity index (χ4n) is 2.44. The van der Waals surface area contributed by atoms with E-state index in [1.54, 1.807) is 23.9 Å². The van der Waals surface area contributed by atoms with Crippen molar-refractivity contribution in [2.75, 3.05) is 5.32 Å². The van der Waals surface area contributed by atoms with Crippen molar-refractivity contribution in [2.24, 2.45) is 0 Å². The molecule has 2 N–H and O–H groups in total. The van der Waals surface area contributed by atoms with Crippen molar-refractivity contribution in [1.82, 2.24) is 25.4 Å². The van der Waals surface area contributed by atoms with E-state index in [1.807, 2.05) is 0 Å². The lowest BCUT2D eigenvalue weighted by molar-refractivity contribution is 0.909. The molecule has 0 unspecified atom stereocenters. The van der Waals surface area contributed by atoms with Crippen LogP contribution in [-0.2, 0) is 6.54 Å². The van der Waals surface area contributed by atoms with Gasteiger partial charge in [0.15, 0.2) is 0 Å². The van der Waals surface area contributed by atoms with Crippen LogP contribution in [0.5, 0.6) is 0 Å². The summed E-state index contributed by atoms with van der Waals surface area (Å²) >= 11 is 1.63. The Balaban J connectivity index is 1.75. The molecule has 0 aliphatic rings. The maximum Gasteiger partial charge on any atom is 0.139 e. The third-order valence-corrected chi connectivity index (χ3v) is 4.52. The molecule has 7 heteroatoms. The molecule has 3 aromatic heterocycles. The molecule has 0 radical (unpaired) electrons. The lowest BCUT2D eigenvalue weighted by Crippen LogP contribution is -2.02. The van der Waals surface area contributed by atoms with E-state index in [0.29, 0.717) is 6.54 Å². The zero-order valence-electron chi connectivity index (χ0n) is 12.4. The fraction of sp³-hybridized carbons (Fsp3) is 0.125. The van der Waals surface area contributed by atoms with Crippen LogP contribution < -0.4 is 5.32 Å². The smallest absolute Gasteiger partial charge is 0.139 e. The second kappa shape index (κ2) is 5.77. The number of nitrogens with one attached hydrogen (secondary N) is 2. The molecule has 0 aliphatic heterocycles. The van der Waals surface area contributed by atoms with Crippen LogP contribution >= 0.6 is 11.3 Å². The highest BCUT2D eigenvalue weighted by atomic mass is 32.1. The summed E-state index contributed by atoms with van der Waals surface area (Å²) in [6.07, 6.45) is 3.28. The van der Waals surface area contributed by atoms with Crippen LogP contribution in [0.2, 0.25) is 0 Å². The number of aryl methyl sites for hydroxylation is 1. The lowest BCUT2D eigenvalue weighted by Gasteiger charge is -2.07. The van der Waals surface area contributed by atoms with E-state index >= 15 is 0 Å². The molecule has 0 spiro atoms. The Morgan fingerprint density at radius 2 is 2.04 bits per heavy atom. The summed E-state index contributed by atoms with van der Waals surface area (Å²) < 4.78 is 0. The Kier molecular flexibility index (Phi) is 3.47. The van der Waals surface area contributed by atoms with E-state index in [1.165, 1.54) is 11.1 Å². The van der Waals surface area contributed by atoms with Gasteiger partial charge in [0.25, 0.3) is 0 Å². The highest BCUT2D eigenvalue weighted by Crippen LogP contribution is 2.36. The van der Waals surface area contributed by atoms with Crippen molar-refractivity contribution in [2.45, 2.75) is 13.5 Å². The van der Waals surface area contributed by atoms with Gasteiger partial charge in [-0.3, -0.25) is 0 Å². The van der Waals surface area contributed by atoms with Gasteiger partial charge in [-0.25, -0.2) is 9.97 Å². The first kappa shape index (κ1) is 13.8. The topological polar surface area (TPSA) is 79.4 Å². The van der Waals surface area contributed by atoms with Crippen LogP contribution in [-0.4, -0.2) is 25.4 Å². The number of aromatic nitrogens is 5. The zero-order valence-corrected chi connectivity index (χ0v) is 13.3. The summed E-state index contributed by atoms with van der Waals surface area (Å²) in [6, 6.07) is 8.49. The summed E-state index contributed by atoms with van der Waals surface area (Å²) in [5, 5.41) is 17.0. The summed E-state index contributed by atoms with van der Waals surface area (Å²) in [7, 11) is 0. The predicted octanol–water partition coefficient (Wildman–Crippen LogP) is 3.40. The monoisotopic (exact) mass is 322 g/mol. The first-order valence-electron chi connectivity index (χ1n) is 7.19. The van der Waals surface area contributed by atoms with Crippen molar-refractivity contribution in [3.05, 3.63) is 53.4 Å². The molecular formula is C16H14N6S. The Morgan fingerprint density at radius 1 is 1.17 bits per heavy atom. The number of rotatable bonds is 4. The maximum atomic E-state index is 4.41. The SMILES string of the molecule is Cc1ccc(-c2csc3ncnc(NCc4cn[nH]n4)c23)cc1. The van der Waals surface area contributed by atoms with E-state index in [0.717, 1.165) is 27.3 Å². The number of H-pyrrole nitrogens is 1. The Morgan fingerprint density at radius 3 is 2.83 bits per heavy atom. The maximum absolute atomic E-state index is 4.41. The van der Waals surface area contributed by atoms with E-state index in [-0.39, 0.29) is 0 Å². The van der Waals surface area contributed by atoms with Crippen LogP contribution in [0.25, 0.3) is 21.3 Å². The molecule has 0 fully saturated rings. The largest absolute Gasteiger partial charge is 0.364 e. The number of thiophene rings is 1. The minimum absolute atomic E-state index is 0.561. The van der Waals surface area contributed by atoms with Gasteiger partial charge in [0, 0.05) is 10.9 Å². The van der Waals surface area contributed by atoms with Gasteiger partial charge < -0.3 is 5.32 Å². The Bertz CT molecular complexity index is 927. The number of benzene rings is 1. The molecule has 6 nitrogen and oxygen atoms in total. The molecule has 3 heterocycles. The number of nitrogens with zero attached hydrogens (tertiary/aromatic N) is 4. The zero-order chi connectivity index (χ0) is 15.6. The second-order valence-corrected chi connectivity index (χ2v) is 6.09. The molecule has 4 rings (SSSR count). The van der Waals surface area contributed by atoms with Gasteiger partial charge in [0.2, 0.25) is 0 Å². The van der Waals surface area contributed by atoms with Gasteiger partial charge in [0.1, 0.15) is 22.7 Å². The predicted molar refractivity (Wildman–Crippen MR) is 91.3 cm³/mol. The lowest BCUT2D eigenvalue weighted by atomic mass is 10.0. The van der Waals surface area contributed by atoms with Gasteiger partial charge in [-0.15, -0.1) is 11.3 Å². The van der Waals surface area contributed by atoms with Gasteiger partial charge in [-0.05, 0) is 12.5 Å². The Labute approximate surface area is 136 Å². The first-order valence-corrected chi connectivity index (χ1v) is 8.07. The van der Waals surface area contributed by atoms with Gasteiger partial charge in [0.05, 0.1) is 18.1 Å². The minimum atomic E-state index is 0.561. The highest BCUT2D eigenvalue weighted by Gasteiger charge is 2.13. The van der Waals surface area contributed by atoms with E-state index in [4.69, 9.17) is 0 Å². The van der Waals surface area contributed by atoms with Crippen LogP contribution in [0.15, 0.2) is 42.2 Å². The number of anilines is 1. The van der Waals surface area contributed by atoms with E-state index in [9.17, 15) is 0 Å². The highest BCUT2D eigenvalue weighted by molar-refractivity contribution is 7.17. The van der Waals surface area contributed by atoms with Gasteiger partial charge in [-0.2, -0.15) is 15.4 Å². The van der Waals surface area contributed by atoms with Crippen molar-refractivity contribution >= 4 is 27.4 Å². The molecule has 0 saturated carbocycles. The van der Waals surface area contributed by atoms with Gasteiger partial charge >= 0.3 is 0 Å². The van der Waals surface area contributed by atoms with Crippen molar-refractivity contribution in [3.8, 4) is 11.1 Å². The first-order chi connectivity index (χ1) is 11.3. The minimum Gasteiger partial charge on any atom is -0.364 e. The molecule has 0 saturated heterocycles. The van der Waals surface area contributed by atoms with Crippen molar-refractivity contribution < 1.29 is 0 Å². The molecule has 1 aromatic carbocycles. The molecule has 0 amide bonds. The Hall–Kier alpha value is -2.80. The molecule has 4 aromatic rings. The van der Waals surface area contributed by atoms with Crippen LogP contribution in [0.3, 0.4) is 0 Å². The average Bonchev–Trinajstić information content (AvgIpc) is 3.23. The number of fused-ring (bicyclic) bond motifs is 1. The molecule has 0 bridgehead atoms. The van der Waals surface area contributed by atoms with Crippen LogP contribution in [0.4, 0.5) is 5.82 Å². The number of hydrogen-bond acceptors (Lipinski definition) is 6. The molecule has 0 atom stereocenters. The summed E-state index contributed by atoms with van der Waals surface area (Å²) in [5.41, 5.74) is 4.40. The fourth-order valence-corrected chi connectivity index (χ4v) is 3.36. The molecular weight excluding hydrogens is 308 g/mol. The van der Waals surface area contributed by atoms with Crippen molar-refractivity contribution in [3.63, 3.8) is 0 Å². The van der Waals surface area contributed by atoms with Gasteiger partial charge in [-0.1, -0.05) is 29.8 Å². The average molecular weight is 322 g/mol. The summed E-state index contributed by atoms with van der Waals surface area (Å²) in [5.74, 6) is 0.815. The number of hydrogen-bond donors (Lipinski definition) is 2. The molecule has 0 aliphatic carbocycles. The van der Waals surface area contributed by atoms with Crippen LogP contribution in [0, 0.1) is 6.92 Å². The van der Waals surface area contributed by atoms with E-state index < -0.39 is 0 Å². The molecule has 23 heavy (non-hydrogen) atoms. The normalized spacial score (nSPS) is 11.0.